The number of likely N-dealkylation sites (tertiary alicyclic amines) is 1. The minimum absolute atomic E-state index is 0.00853. The molecule has 0 aromatic carbocycles. The van der Waals surface area contributed by atoms with Crippen LogP contribution in [0.5, 0.6) is 0 Å². The molecule has 1 saturated heterocycles. The quantitative estimate of drug-likeness (QED) is 0.0192. The zero-order chi connectivity index (χ0) is 83.0. The Labute approximate surface area is 645 Å². The van der Waals surface area contributed by atoms with Gasteiger partial charge in [-0.1, -0.05) is 12.8 Å². The number of aliphatic carboxylic acids is 9. The summed E-state index contributed by atoms with van der Waals surface area (Å²) >= 11 is 1.24. The van der Waals surface area contributed by atoms with Gasteiger partial charge in [-0.2, -0.15) is 0 Å². The summed E-state index contributed by atoms with van der Waals surface area (Å²) in [7, 11) is -4.35. The van der Waals surface area contributed by atoms with E-state index in [2.05, 4.69) is 21.3 Å². The number of phosphoric acid groups is 1. The van der Waals surface area contributed by atoms with Gasteiger partial charge in [0.2, 0.25) is 35.4 Å². The van der Waals surface area contributed by atoms with Gasteiger partial charge in [-0.15, -0.1) is 11.8 Å². The number of carboxylic acids is 9. The molecule has 0 spiro atoms. The number of carboxylic acid groups (broad SMARTS) is 9. The van der Waals surface area contributed by atoms with Crippen molar-refractivity contribution in [3.05, 3.63) is 0 Å². The summed E-state index contributed by atoms with van der Waals surface area (Å²) < 4.78 is 61.4. The first-order valence-electron chi connectivity index (χ1n) is 36.2. The number of hydrogen-bond acceptors (Lipinski definition) is 29. The summed E-state index contributed by atoms with van der Waals surface area (Å²) in [5.74, 6) is -16.3. The van der Waals surface area contributed by atoms with E-state index in [9.17, 15) is 127 Å². The maximum atomic E-state index is 14.1. The van der Waals surface area contributed by atoms with E-state index in [1.165, 1.54) is 11.8 Å². The lowest BCUT2D eigenvalue weighted by Crippen LogP contribution is -2.59. The number of carbonyl (C=O) groups excluding carboxylic acids is 6. The Morgan fingerprint density at radius 1 is 0.441 bits per heavy atom. The maximum Gasteiger partial charge on any atom is 0.472 e. The zero-order valence-electron chi connectivity index (χ0n) is 62.5. The molecule has 0 aromatic rings. The first-order valence-corrected chi connectivity index (χ1v) is 38.7. The van der Waals surface area contributed by atoms with Gasteiger partial charge in [0.05, 0.1) is 144 Å². The third-order valence-corrected chi connectivity index (χ3v) is 18.3. The summed E-state index contributed by atoms with van der Waals surface area (Å²) in [4.78, 5) is 198. The lowest BCUT2D eigenvalue weighted by Gasteiger charge is -2.34. The van der Waals surface area contributed by atoms with Crippen LogP contribution in [0.15, 0.2) is 0 Å². The number of imide groups is 1. The Morgan fingerprint density at radius 2 is 0.784 bits per heavy atom. The number of rotatable bonds is 75. The molecule has 1 rings (SSSR count). The highest BCUT2D eigenvalue weighted by Crippen LogP contribution is 2.43. The predicted molar refractivity (Wildman–Crippen MR) is 384 cm³/mol. The maximum absolute atomic E-state index is 14.1. The summed E-state index contributed by atoms with van der Waals surface area (Å²) in [6, 6.07) is -4.42. The van der Waals surface area contributed by atoms with E-state index in [4.69, 9.17) is 42.2 Å². The fourth-order valence-electron chi connectivity index (χ4n) is 10.7. The number of ether oxygens (including phenoxy) is 7. The van der Waals surface area contributed by atoms with E-state index in [-0.39, 0.29) is 156 Å². The lowest BCUT2D eigenvalue weighted by atomic mass is 10.0. The number of unbranched alkanes of at least 4 members (excludes halogenated alkanes) is 6. The molecule has 111 heavy (non-hydrogen) atoms. The monoisotopic (exact) mass is 1640 g/mol. The summed E-state index contributed by atoms with van der Waals surface area (Å²) in [6.45, 7) is -3.74. The predicted octanol–water partition coefficient (Wildman–Crippen LogP) is -1.27. The molecule has 5 atom stereocenters. The van der Waals surface area contributed by atoms with Crippen LogP contribution in [-0.2, 0) is 119 Å². The fourth-order valence-corrected chi connectivity index (χ4v) is 12.7. The van der Waals surface area contributed by atoms with E-state index in [1.807, 2.05) is 6.92 Å². The van der Waals surface area contributed by atoms with Crippen LogP contribution in [0.3, 0.4) is 0 Å². The largest absolute Gasteiger partial charge is 0.480 e. The topological polar surface area (TPSA) is 620 Å². The van der Waals surface area contributed by atoms with Gasteiger partial charge in [-0.05, 0) is 83.3 Å². The molecular weight excluding hydrogens is 1530 g/mol. The molecule has 1 fully saturated rings. The number of hydrogen-bond donors (Lipinski definition) is 14. The van der Waals surface area contributed by atoms with Gasteiger partial charge in [0, 0.05) is 64.9 Å². The molecule has 0 aromatic heterocycles. The number of amides is 6. The minimum atomic E-state index is -4.35. The Morgan fingerprint density at radius 3 is 1.14 bits per heavy atom. The number of phosphoric ester groups is 1. The zero-order valence-corrected chi connectivity index (χ0v) is 64.2. The molecule has 0 bridgehead atoms. The van der Waals surface area contributed by atoms with Crippen LogP contribution in [0.2, 0.25) is 0 Å². The van der Waals surface area contributed by atoms with Crippen molar-refractivity contribution < 1.29 is 170 Å². The molecule has 45 heteroatoms. The van der Waals surface area contributed by atoms with E-state index in [0.717, 1.165) is 19.6 Å². The first kappa shape index (κ1) is 101. The molecule has 1 aliphatic rings. The second kappa shape index (κ2) is 60.0. The smallest absolute Gasteiger partial charge is 0.472 e. The molecule has 636 valence electrons. The molecule has 0 radical (unpaired) electrons. The minimum Gasteiger partial charge on any atom is -0.480 e. The lowest BCUT2D eigenvalue weighted by molar-refractivity contribution is -0.152. The summed E-state index contributed by atoms with van der Waals surface area (Å²) in [6.07, 6.45) is 0.957. The van der Waals surface area contributed by atoms with E-state index in [1.54, 1.807) is 0 Å². The molecule has 43 nitrogen and oxygen atoms in total. The highest BCUT2D eigenvalue weighted by atomic mass is 32.2. The summed E-state index contributed by atoms with van der Waals surface area (Å²) in [5.41, 5.74) is -1.76. The van der Waals surface area contributed by atoms with Crippen molar-refractivity contribution in [1.82, 2.24) is 40.9 Å². The number of nitrogens with one attached hydrogen (secondary N) is 4. The molecular formula is C66H111N8O35PS. The van der Waals surface area contributed by atoms with Crippen molar-refractivity contribution in [2.75, 3.05) is 177 Å². The van der Waals surface area contributed by atoms with Crippen LogP contribution in [0.1, 0.15) is 122 Å². The standard InChI is InChI=1S/C66H111N8O35PS/c1-2-101-28-29-102-30-31-103-32-33-104-34-35-109-110(99,100)108-24-11-3-4-12-36-111-50-37-55(79)74(62(50)92)23-16-54(78)70-66(44-105-25-17-51(75)67-20-8-5-13-47(63(93)94)71(38-56(80)81)39-57(82)83,45-106-26-18-52(76)68-21-9-6-14-48(64(95)96)72(40-58(84)85)41-59(86)87)46-107-27-19-53(77)69-22-10-7-15-49(65(97)98)73(42-60(88)89)43-61(90)91/h47-50H,2-46H2,1H3,(H,67,75)(H,68,76)(H,69,77)(H,70,78)(H,80,81)(H,82,83)(H,84,85)(H,86,87)(H,88,89)(H,90,91)(H,93,94)(H,95,96)(H,97,98)(H,99,100). The van der Waals surface area contributed by atoms with Gasteiger partial charge in [0.15, 0.2) is 0 Å². The Balaban J connectivity index is 3.23. The Hall–Kier alpha value is -7.69. The molecule has 6 amide bonds. The van der Waals surface area contributed by atoms with E-state index in [0.29, 0.717) is 64.5 Å². The summed E-state index contributed by atoms with van der Waals surface area (Å²) in [5, 5.41) is 94.5. The highest BCUT2D eigenvalue weighted by molar-refractivity contribution is 8.00. The number of nitrogens with zero attached hydrogens (tertiary/aromatic N) is 4. The van der Waals surface area contributed by atoms with Crippen LogP contribution in [0, 0.1) is 0 Å². The highest BCUT2D eigenvalue weighted by Gasteiger charge is 2.40. The van der Waals surface area contributed by atoms with Crippen LogP contribution in [0.4, 0.5) is 0 Å². The van der Waals surface area contributed by atoms with Gasteiger partial charge in [-0.25, -0.2) is 4.57 Å². The Kier molecular flexibility index (Phi) is 54.8. The molecule has 0 aliphatic carbocycles. The van der Waals surface area contributed by atoms with Crippen molar-refractivity contribution in [2.45, 2.75) is 151 Å². The molecule has 14 N–H and O–H groups in total. The van der Waals surface area contributed by atoms with Gasteiger partial charge in [-0.3, -0.25) is 101 Å². The van der Waals surface area contributed by atoms with E-state index >= 15 is 0 Å². The molecule has 0 saturated carbocycles. The average molecular weight is 1640 g/mol. The van der Waals surface area contributed by atoms with Crippen LogP contribution < -0.4 is 21.3 Å². The van der Waals surface area contributed by atoms with Crippen molar-refractivity contribution in [3.8, 4) is 0 Å². The Bertz CT molecular complexity index is 2690. The van der Waals surface area contributed by atoms with Gasteiger partial charge in [0.1, 0.15) is 23.7 Å². The SMILES string of the molecule is CCOCCOCCOCCOCCOP(=O)(O)OCCCCCCSC1CC(=O)N(CCC(=O)NC(COCCC(=O)NCCCCC(C(=O)O)N(CC(=O)O)CC(=O)O)(COCCC(=O)NCCCCC(C(=O)O)N(CC(=O)O)CC(=O)O)COCCC(=O)NCCCCC(C(=O)O)N(CC(=O)O)CC(=O)O)C1=O. The van der Waals surface area contributed by atoms with Crippen LogP contribution >= 0.6 is 19.6 Å². The second-order valence-electron chi connectivity index (χ2n) is 25.2. The molecule has 1 aliphatic heterocycles. The van der Waals surface area contributed by atoms with Gasteiger partial charge in [0.25, 0.3) is 0 Å². The van der Waals surface area contributed by atoms with Crippen molar-refractivity contribution in [2.24, 2.45) is 0 Å². The third-order valence-electron chi connectivity index (χ3n) is 16.0. The number of thioether (sulfide) groups is 1. The van der Waals surface area contributed by atoms with Crippen LogP contribution in [-0.4, -0.2) is 365 Å². The van der Waals surface area contributed by atoms with Crippen molar-refractivity contribution in [3.63, 3.8) is 0 Å². The molecule has 5 unspecified atom stereocenters. The van der Waals surface area contributed by atoms with Gasteiger partial charge >= 0.3 is 61.5 Å². The van der Waals surface area contributed by atoms with Crippen molar-refractivity contribution >= 4 is 109 Å². The number of carbonyl (C=O) groups is 15. The van der Waals surface area contributed by atoms with E-state index < -0.39 is 198 Å². The average Bonchev–Trinajstić information content (AvgIpc) is 1.68. The third kappa shape index (κ3) is 50.8. The second-order valence-corrected chi connectivity index (χ2v) is 28.0. The van der Waals surface area contributed by atoms with Crippen molar-refractivity contribution in [1.29, 1.82) is 0 Å². The van der Waals surface area contributed by atoms with Crippen LogP contribution in [0.25, 0.3) is 0 Å². The fraction of sp³-hybridized carbons (Fsp3) is 0.773. The first-order chi connectivity index (χ1) is 52.7. The normalized spacial score (nSPS) is 14.8. The molecule has 1 heterocycles. The van der Waals surface area contributed by atoms with Gasteiger partial charge < -0.3 is 105 Å².